The van der Waals surface area contributed by atoms with Gasteiger partial charge >= 0.3 is 0 Å². The van der Waals surface area contributed by atoms with Crippen molar-refractivity contribution in [3.05, 3.63) is 41.5 Å². The summed E-state index contributed by atoms with van der Waals surface area (Å²) in [5.74, 6) is 1.76. The summed E-state index contributed by atoms with van der Waals surface area (Å²) in [5.41, 5.74) is 6.23. The number of alkyl halides is 2. The van der Waals surface area contributed by atoms with E-state index in [4.69, 9.17) is 15.1 Å². The van der Waals surface area contributed by atoms with Crippen LogP contribution in [0.25, 0.3) is 27.9 Å². The van der Waals surface area contributed by atoms with Crippen molar-refractivity contribution in [3.63, 3.8) is 0 Å². The Bertz CT molecular complexity index is 1510. The van der Waals surface area contributed by atoms with Gasteiger partial charge in [-0.05, 0) is 70.6 Å². The SMILES string of the molecule is CNc1nc(NC2CCC(NC(C)=C3CC3)CC2)nn2ccc(-c3ccc4nc(C)n(CC(F)F)c4n3)c12. The van der Waals surface area contributed by atoms with Crippen LogP contribution in [0.2, 0.25) is 0 Å². The highest BCUT2D eigenvalue weighted by Gasteiger charge is 2.24. The van der Waals surface area contributed by atoms with Gasteiger partial charge in [0.2, 0.25) is 5.95 Å². The zero-order chi connectivity index (χ0) is 26.4. The predicted molar refractivity (Wildman–Crippen MR) is 145 cm³/mol. The molecule has 0 saturated heterocycles. The number of hydrogen-bond acceptors (Lipinski definition) is 7. The largest absolute Gasteiger partial charge is 0.386 e. The van der Waals surface area contributed by atoms with Crippen LogP contribution < -0.4 is 16.0 Å². The van der Waals surface area contributed by atoms with Gasteiger partial charge in [0, 0.05) is 36.6 Å². The molecular formula is C27H33F2N9. The van der Waals surface area contributed by atoms with E-state index in [1.54, 1.807) is 17.0 Å². The van der Waals surface area contributed by atoms with Crippen LogP contribution >= 0.6 is 0 Å². The Hall–Kier alpha value is -3.76. The molecule has 4 aromatic rings. The van der Waals surface area contributed by atoms with Gasteiger partial charge in [-0.15, -0.1) is 5.10 Å². The lowest BCUT2D eigenvalue weighted by Crippen LogP contribution is -2.36. The highest BCUT2D eigenvalue weighted by molar-refractivity contribution is 5.89. The van der Waals surface area contributed by atoms with Crippen LogP contribution in [0.3, 0.4) is 0 Å². The third-order valence-corrected chi connectivity index (χ3v) is 7.64. The molecule has 38 heavy (non-hydrogen) atoms. The number of anilines is 2. The van der Waals surface area contributed by atoms with Crippen molar-refractivity contribution < 1.29 is 8.78 Å². The van der Waals surface area contributed by atoms with Gasteiger partial charge in [-0.1, -0.05) is 5.57 Å². The standard InChI is InChI=1S/C27H33F2N9/c1-15(17-4-5-17)31-18-6-8-19(9-7-18)33-27-35-25(30-3)24-20(12-13-38(24)36-27)21-10-11-22-26(34-21)37(14-23(28)29)16(2)32-22/h10-13,18-19,23,31H,4-9,14H2,1-3H3,(H2,30,33,35,36). The number of fused-ring (bicyclic) bond motifs is 2. The Morgan fingerprint density at radius 3 is 2.53 bits per heavy atom. The maximum Gasteiger partial charge on any atom is 0.256 e. The fourth-order valence-corrected chi connectivity index (χ4v) is 5.50. The number of nitrogens with zero attached hydrogens (tertiary/aromatic N) is 6. The lowest BCUT2D eigenvalue weighted by atomic mass is 9.91. The van der Waals surface area contributed by atoms with Crippen molar-refractivity contribution in [1.29, 1.82) is 0 Å². The lowest BCUT2D eigenvalue weighted by molar-refractivity contribution is 0.127. The number of aromatic nitrogens is 6. The molecule has 4 aromatic heterocycles. The lowest BCUT2D eigenvalue weighted by Gasteiger charge is -2.30. The summed E-state index contributed by atoms with van der Waals surface area (Å²) in [4.78, 5) is 13.9. The van der Waals surface area contributed by atoms with Crippen molar-refractivity contribution in [2.75, 3.05) is 17.7 Å². The van der Waals surface area contributed by atoms with Gasteiger partial charge in [0.1, 0.15) is 16.9 Å². The van der Waals surface area contributed by atoms with E-state index in [-0.39, 0.29) is 0 Å². The van der Waals surface area contributed by atoms with E-state index in [1.165, 1.54) is 23.1 Å². The molecule has 3 N–H and O–H groups in total. The van der Waals surface area contributed by atoms with Crippen LogP contribution in [-0.4, -0.2) is 54.7 Å². The summed E-state index contributed by atoms with van der Waals surface area (Å²) in [6, 6.07) is 6.46. The van der Waals surface area contributed by atoms with E-state index in [1.807, 2.05) is 31.4 Å². The van der Waals surface area contributed by atoms with Crippen LogP contribution in [-0.2, 0) is 6.54 Å². The summed E-state index contributed by atoms with van der Waals surface area (Å²) in [6.45, 7) is 3.48. The highest BCUT2D eigenvalue weighted by Crippen LogP contribution is 2.33. The van der Waals surface area contributed by atoms with Gasteiger partial charge in [0.25, 0.3) is 6.43 Å². The first-order valence-corrected chi connectivity index (χ1v) is 13.3. The van der Waals surface area contributed by atoms with E-state index in [2.05, 4.69) is 27.9 Å². The summed E-state index contributed by atoms with van der Waals surface area (Å²) < 4.78 is 29.6. The van der Waals surface area contributed by atoms with Crippen LogP contribution in [0.4, 0.5) is 20.5 Å². The van der Waals surface area contributed by atoms with Crippen LogP contribution in [0.15, 0.2) is 35.7 Å². The second-order valence-corrected chi connectivity index (χ2v) is 10.3. The Balaban J connectivity index is 1.24. The maximum atomic E-state index is 13.2. The van der Waals surface area contributed by atoms with Gasteiger partial charge in [-0.3, -0.25) is 0 Å². The minimum Gasteiger partial charge on any atom is -0.386 e. The van der Waals surface area contributed by atoms with Crippen LogP contribution in [0.1, 0.15) is 51.3 Å². The smallest absolute Gasteiger partial charge is 0.256 e. The first-order chi connectivity index (χ1) is 18.4. The van der Waals surface area contributed by atoms with Gasteiger partial charge in [0.15, 0.2) is 11.5 Å². The highest BCUT2D eigenvalue weighted by atomic mass is 19.3. The quantitative estimate of drug-likeness (QED) is 0.296. The van der Waals surface area contributed by atoms with Crippen molar-refractivity contribution in [2.45, 2.75) is 77.4 Å². The predicted octanol–water partition coefficient (Wildman–Crippen LogP) is 5.14. The molecule has 0 spiro atoms. The van der Waals surface area contributed by atoms with Crippen LogP contribution in [0, 0.1) is 6.92 Å². The molecule has 4 heterocycles. The number of hydrogen-bond donors (Lipinski definition) is 3. The number of nitrogens with one attached hydrogen (secondary N) is 3. The molecule has 0 radical (unpaired) electrons. The Labute approximate surface area is 219 Å². The van der Waals surface area contributed by atoms with Gasteiger partial charge in [-0.25, -0.2) is 23.3 Å². The van der Waals surface area contributed by atoms with Gasteiger partial charge in [-0.2, -0.15) is 4.98 Å². The van der Waals surface area contributed by atoms with E-state index < -0.39 is 13.0 Å². The molecule has 0 atom stereocenters. The summed E-state index contributed by atoms with van der Waals surface area (Å²) in [7, 11) is 1.83. The minimum absolute atomic E-state index is 0.321. The maximum absolute atomic E-state index is 13.2. The molecule has 0 aliphatic heterocycles. The summed E-state index contributed by atoms with van der Waals surface area (Å²) in [5, 5.41) is 15.2. The monoisotopic (exact) mass is 521 g/mol. The number of halogens is 2. The average Bonchev–Trinajstić information content (AvgIpc) is 3.61. The number of allylic oxidation sites excluding steroid dienone is 2. The zero-order valence-corrected chi connectivity index (χ0v) is 21.9. The molecule has 9 nitrogen and oxygen atoms in total. The van der Waals surface area contributed by atoms with Crippen molar-refractivity contribution in [2.24, 2.45) is 0 Å². The first kappa shape index (κ1) is 24.6. The molecule has 0 amide bonds. The van der Waals surface area contributed by atoms with Gasteiger partial charge in [0.05, 0.1) is 12.2 Å². The number of aryl methyl sites for hydroxylation is 1. The molecule has 0 aromatic carbocycles. The van der Waals surface area contributed by atoms with Crippen molar-refractivity contribution >= 4 is 28.4 Å². The van der Waals surface area contributed by atoms with Crippen molar-refractivity contribution in [1.82, 2.24) is 34.4 Å². The minimum atomic E-state index is -2.49. The van der Waals surface area contributed by atoms with E-state index >= 15 is 0 Å². The molecule has 11 heteroatoms. The van der Waals surface area contributed by atoms with Crippen molar-refractivity contribution in [3.8, 4) is 11.3 Å². The Morgan fingerprint density at radius 1 is 1.05 bits per heavy atom. The summed E-state index contributed by atoms with van der Waals surface area (Å²) in [6.07, 6.45) is 6.24. The molecule has 0 bridgehead atoms. The molecule has 2 fully saturated rings. The first-order valence-electron chi connectivity index (χ1n) is 13.3. The number of imidazole rings is 1. The fraction of sp³-hybridized carbons (Fsp3) is 0.481. The van der Waals surface area contributed by atoms with Crippen LogP contribution in [0.5, 0.6) is 0 Å². The third-order valence-electron chi connectivity index (χ3n) is 7.64. The number of rotatable bonds is 8. The topological polar surface area (TPSA) is 97.0 Å². The summed E-state index contributed by atoms with van der Waals surface area (Å²) >= 11 is 0. The van der Waals surface area contributed by atoms with E-state index in [9.17, 15) is 8.78 Å². The normalized spacial score (nSPS) is 19.4. The average molecular weight is 522 g/mol. The van der Waals surface area contributed by atoms with Gasteiger partial charge < -0.3 is 20.5 Å². The molecular weight excluding hydrogens is 488 g/mol. The molecule has 2 saturated carbocycles. The number of pyridine rings is 1. The fourth-order valence-electron chi connectivity index (χ4n) is 5.50. The molecule has 6 rings (SSSR count). The molecule has 2 aliphatic carbocycles. The zero-order valence-electron chi connectivity index (χ0n) is 21.9. The van der Waals surface area contributed by atoms with E-state index in [0.29, 0.717) is 46.5 Å². The third kappa shape index (κ3) is 4.77. The molecule has 2 aliphatic rings. The molecule has 200 valence electrons. The second kappa shape index (κ2) is 9.85. The van der Waals surface area contributed by atoms with E-state index in [0.717, 1.165) is 36.8 Å². The second-order valence-electron chi connectivity index (χ2n) is 10.3. The Kier molecular flexibility index (Phi) is 6.37. The molecule has 0 unspecified atom stereocenters. The Morgan fingerprint density at radius 2 is 1.82 bits per heavy atom.